The van der Waals surface area contributed by atoms with E-state index in [9.17, 15) is 9.59 Å². The van der Waals surface area contributed by atoms with Gasteiger partial charge in [0.2, 0.25) is 5.91 Å². The lowest BCUT2D eigenvalue weighted by Gasteiger charge is -2.19. The van der Waals surface area contributed by atoms with Gasteiger partial charge in [-0.2, -0.15) is 0 Å². The molecule has 150 valence electrons. The molecule has 1 heterocycles. The van der Waals surface area contributed by atoms with Gasteiger partial charge in [0.1, 0.15) is 6.17 Å². The lowest BCUT2D eigenvalue weighted by Crippen LogP contribution is -2.29. The van der Waals surface area contributed by atoms with Gasteiger partial charge < -0.3 is 15.0 Å². The molecule has 0 radical (unpaired) electrons. The second-order valence-corrected chi connectivity index (χ2v) is 6.63. The van der Waals surface area contributed by atoms with Gasteiger partial charge in [0, 0.05) is 25.7 Å². The van der Waals surface area contributed by atoms with E-state index in [0.717, 1.165) is 25.7 Å². The predicted molar refractivity (Wildman–Crippen MR) is 105 cm³/mol. The zero-order valence-corrected chi connectivity index (χ0v) is 16.7. The van der Waals surface area contributed by atoms with Crippen LogP contribution < -0.4 is 5.32 Å². The van der Waals surface area contributed by atoms with Crippen LogP contribution in [0.3, 0.4) is 0 Å². The summed E-state index contributed by atoms with van der Waals surface area (Å²) in [6.45, 7) is 5.78. The Bertz CT molecular complexity index is 461. The Balaban J connectivity index is 0.000000758. The van der Waals surface area contributed by atoms with E-state index in [-0.39, 0.29) is 12.1 Å². The van der Waals surface area contributed by atoms with Gasteiger partial charge in [-0.15, -0.1) is 0 Å². The first-order valence-electron chi connectivity index (χ1n) is 9.97. The highest BCUT2D eigenvalue weighted by Crippen LogP contribution is 2.15. The molecule has 1 unspecified atom stereocenters. The smallest absolute Gasteiger partial charge is 0.303 e. The molecule has 0 saturated heterocycles. The highest BCUT2D eigenvalue weighted by atomic mass is 16.4. The molecule has 6 nitrogen and oxygen atoms in total. The van der Waals surface area contributed by atoms with Gasteiger partial charge in [-0.1, -0.05) is 58.8 Å². The Labute approximate surface area is 158 Å². The zero-order chi connectivity index (χ0) is 19.6. The third kappa shape index (κ3) is 14.5. The van der Waals surface area contributed by atoms with Crippen LogP contribution in [0.2, 0.25) is 0 Å². The van der Waals surface area contributed by atoms with E-state index in [4.69, 9.17) is 5.11 Å². The van der Waals surface area contributed by atoms with E-state index in [1.807, 2.05) is 17.7 Å². The topological polar surface area (TPSA) is 84.2 Å². The van der Waals surface area contributed by atoms with E-state index in [0.29, 0.717) is 6.42 Å². The second kappa shape index (κ2) is 16.6. The molecule has 0 aliphatic heterocycles. The molecule has 1 amide bonds. The largest absolute Gasteiger partial charge is 0.481 e. The number of rotatable bonds is 13. The summed E-state index contributed by atoms with van der Waals surface area (Å²) < 4.78 is 1.97. The fourth-order valence-corrected chi connectivity index (χ4v) is 2.61. The summed E-state index contributed by atoms with van der Waals surface area (Å²) in [5.41, 5.74) is 0. The quantitative estimate of drug-likeness (QED) is 0.485. The average Bonchev–Trinajstić information content (AvgIpc) is 3.13. The van der Waals surface area contributed by atoms with Crippen LogP contribution in [0.15, 0.2) is 18.7 Å². The molecule has 0 bridgehead atoms. The Morgan fingerprint density at radius 3 is 2.12 bits per heavy atom. The van der Waals surface area contributed by atoms with Gasteiger partial charge in [-0.05, 0) is 19.3 Å². The molecule has 0 aliphatic carbocycles. The summed E-state index contributed by atoms with van der Waals surface area (Å²) in [5, 5.41) is 11.0. The molecular formula is C20H37N3O3. The number of nitrogens with one attached hydrogen (secondary N) is 1. The third-order valence-electron chi connectivity index (χ3n) is 4.08. The van der Waals surface area contributed by atoms with Crippen LogP contribution in [0.5, 0.6) is 0 Å². The van der Waals surface area contributed by atoms with Crippen molar-refractivity contribution in [2.45, 2.75) is 97.6 Å². The maximum absolute atomic E-state index is 11.2. The molecule has 0 aromatic carbocycles. The van der Waals surface area contributed by atoms with Gasteiger partial charge in [0.05, 0.1) is 6.33 Å². The van der Waals surface area contributed by atoms with Crippen molar-refractivity contribution in [3.8, 4) is 0 Å². The van der Waals surface area contributed by atoms with E-state index in [1.54, 1.807) is 19.4 Å². The number of aliphatic carboxylic acids is 1. The van der Waals surface area contributed by atoms with Crippen molar-refractivity contribution >= 4 is 11.9 Å². The van der Waals surface area contributed by atoms with Crippen molar-refractivity contribution in [1.29, 1.82) is 0 Å². The van der Waals surface area contributed by atoms with Crippen LogP contribution in [0, 0.1) is 0 Å². The number of hydrogen-bond donors (Lipinski definition) is 2. The maximum atomic E-state index is 11.2. The summed E-state index contributed by atoms with van der Waals surface area (Å²) in [6, 6.07) is 0. The SMILES string of the molecule is CCCCC(=O)O.CCCCCCCCCC(NC(C)=O)n1ccnc1. The molecule has 0 aliphatic rings. The molecular weight excluding hydrogens is 330 g/mol. The van der Waals surface area contributed by atoms with Crippen LogP contribution in [0.1, 0.15) is 97.6 Å². The maximum Gasteiger partial charge on any atom is 0.303 e. The Morgan fingerprint density at radius 2 is 1.65 bits per heavy atom. The van der Waals surface area contributed by atoms with Gasteiger partial charge in [0.25, 0.3) is 0 Å². The lowest BCUT2D eigenvalue weighted by atomic mass is 10.1. The standard InChI is InChI=1S/C15H27N3O.C5H10O2/c1-3-4-5-6-7-8-9-10-15(17-14(2)19)18-12-11-16-13-18;1-2-3-4-5(6)7/h11-13,15H,3-10H2,1-2H3,(H,17,19);2-4H2,1H3,(H,6,7). The highest BCUT2D eigenvalue weighted by molar-refractivity contribution is 5.72. The summed E-state index contributed by atoms with van der Waals surface area (Å²) in [7, 11) is 0. The van der Waals surface area contributed by atoms with Crippen LogP contribution in [0.25, 0.3) is 0 Å². The number of carbonyl (C=O) groups excluding carboxylic acids is 1. The minimum atomic E-state index is -0.693. The number of imidazole rings is 1. The fraction of sp³-hybridized carbons (Fsp3) is 0.750. The van der Waals surface area contributed by atoms with Crippen molar-refractivity contribution in [1.82, 2.24) is 14.9 Å². The summed E-state index contributed by atoms with van der Waals surface area (Å²) in [4.78, 5) is 25.0. The van der Waals surface area contributed by atoms with Gasteiger partial charge in [-0.25, -0.2) is 4.98 Å². The second-order valence-electron chi connectivity index (χ2n) is 6.63. The first-order chi connectivity index (χ1) is 12.5. The van der Waals surface area contributed by atoms with Crippen molar-refractivity contribution in [2.75, 3.05) is 0 Å². The molecule has 0 spiro atoms. The Morgan fingerprint density at radius 1 is 1.04 bits per heavy atom. The molecule has 2 N–H and O–H groups in total. The molecule has 6 heteroatoms. The predicted octanol–water partition coefficient (Wildman–Crippen LogP) is 4.92. The highest BCUT2D eigenvalue weighted by Gasteiger charge is 2.10. The molecule has 0 fully saturated rings. The Kier molecular flexibility index (Phi) is 15.4. The molecule has 1 rings (SSSR count). The number of carboxylic acid groups (broad SMARTS) is 1. The van der Waals surface area contributed by atoms with Gasteiger partial charge in [0.15, 0.2) is 0 Å². The first kappa shape index (κ1) is 24.1. The Hall–Kier alpha value is -1.85. The number of unbranched alkanes of at least 4 members (excludes halogenated alkanes) is 7. The lowest BCUT2D eigenvalue weighted by molar-refractivity contribution is -0.137. The molecule has 0 saturated carbocycles. The number of carboxylic acids is 1. The third-order valence-corrected chi connectivity index (χ3v) is 4.08. The van der Waals surface area contributed by atoms with Crippen LogP contribution in [-0.2, 0) is 9.59 Å². The zero-order valence-electron chi connectivity index (χ0n) is 16.7. The number of nitrogens with zero attached hydrogens (tertiary/aromatic N) is 2. The number of amides is 1. The summed E-state index contributed by atoms with van der Waals surface area (Å²) in [5.74, 6) is -0.677. The normalized spacial score (nSPS) is 11.3. The number of hydrogen-bond acceptors (Lipinski definition) is 3. The number of carbonyl (C=O) groups is 2. The van der Waals surface area contributed by atoms with E-state index >= 15 is 0 Å². The monoisotopic (exact) mass is 367 g/mol. The van der Waals surface area contributed by atoms with E-state index in [1.165, 1.54) is 38.5 Å². The van der Waals surface area contributed by atoms with Crippen molar-refractivity contribution in [2.24, 2.45) is 0 Å². The summed E-state index contributed by atoms with van der Waals surface area (Å²) >= 11 is 0. The van der Waals surface area contributed by atoms with Crippen LogP contribution in [-0.4, -0.2) is 26.5 Å². The van der Waals surface area contributed by atoms with E-state index < -0.39 is 5.97 Å². The van der Waals surface area contributed by atoms with Crippen molar-refractivity contribution in [3.05, 3.63) is 18.7 Å². The molecule has 1 atom stereocenters. The van der Waals surface area contributed by atoms with Crippen LogP contribution in [0.4, 0.5) is 0 Å². The average molecular weight is 368 g/mol. The minimum Gasteiger partial charge on any atom is -0.481 e. The van der Waals surface area contributed by atoms with E-state index in [2.05, 4.69) is 17.2 Å². The van der Waals surface area contributed by atoms with Crippen molar-refractivity contribution in [3.63, 3.8) is 0 Å². The van der Waals surface area contributed by atoms with Crippen LogP contribution >= 0.6 is 0 Å². The molecule has 1 aromatic heterocycles. The molecule has 26 heavy (non-hydrogen) atoms. The summed E-state index contributed by atoms with van der Waals surface area (Å²) in [6.07, 6.45) is 17.6. The number of aromatic nitrogens is 2. The fourth-order valence-electron chi connectivity index (χ4n) is 2.61. The van der Waals surface area contributed by atoms with Gasteiger partial charge in [-0.3, -0.25) is 9.59 Å². The molecule has 1 aromatic rings. The minimum absolute atomic E-state index is 0.0154. The van der Waals surface area contributed by atoms with Crippen molar-refractivity contribution < 1.29 is 14.7 Å². The van der Waals surface area contributed by atoms with Gasteiger partial charge >= 0.3 is 5.97 Å². The first-order valence-corrected chi connectivity index (χ1v) is 9.97.